The number of aromatic nitrogens is 3. The number of hydrogen-bond acceptors (Lipinski definition) is 5. The average Bonchev–Trinajstić information content (AvgIpc) is 2.72. The minimum Gasteiger partial charge on any atom is -0.456 e. The number of nitrogens with zero attached hydrogens (tertiary/aromatic N) is 3. The molecule has 2 rings (SSSR count). The number of pyridine rings is 1. The van der Waals surface area contributed by atoms with Crippen molar-refractivity contribution in [1.29, 1.82) is 0 Å². The molecule has 0 atom stereocenters. The standard InChI is InChI=1S/C13H15FN4O2/c1-3-18-12(11(15)8(2)17-18)13(19)20-7-9-4-10(14)6-16-5-9/h4-6H,3,7,15H2,1-2H3. The van der Waals surface area contributed by atoms with E-state index in [4.69, 9.17) is 10.5 Å². The summed E-state index contributed by atoms with van der Waals surface area (Å²) in [5.74, 6) is -1.07. The molecule has 2 N–H and O–H groups in total. The predicted molar refractivity (Wildman–Crippen MR) is 70.4 cm³/mol. The van der Waals surface area contributed by atoms with Crippen LogP contribution in [0.15, 0.2) is 18.5 Å². The van der Waals surface area contributed by atoms with Gasteiger partial charge in [-0.05, 0) is 19.9 Å². The van der Waals surface area contributed by atoms with Crippen LogP contribution in [-0.4, -0.2) is 20.7 Å². The first-order chi connectivity index (χ1) is 9.52. The molecule has 0 fully saturated rings. The van der Waals surface area contributed by atoms with E-state index in [9.17, 15) is 9.18 Å². The summed E-state index contributed by atoms with van der Waals surface area (Å²) in [6, 6.07) is 1.26. The molecule has 0 radical (unpaired) electrons. The summed E-state index contributed by atoms with van der Waals surface area (Å²) in [4.78, 5) is 15.7. The highest BCUT2D eigenvalue weighted by Crippen LogP contribution is 2.18. The van der Waals surface area contributed by atoms with Gasteiger partial charge < -0.3 is 10.5 Å². The highest BCUT2D eigenvalue weighted by atomic mass is 19.1. The van der Waals surface area contributed by atoms with Crippen LogP contribution >= 0.6 is 0 Å². The van der Waals surface area contributed by atoms with Crippen molar-refractivity contribution in [3.05, 3.63) is 41.2 Å². The molecule has 0 bridgehead atoms. The van der Waals surface area contributed by atoms with E-state index in [0.717, 1.165) is 6.20 Å². The first-order valence-corrected chi connectivity index (χ1v) is 6.12. The van der Waals surface area contributed by atoms with Gasteiger partial charge in [0.15, 0.2) is 5.69 Å². The molecule has 2 aromatic heterocycles. The average molecular weight is 278 g/mol. The van der Waals surface area contributed by atoms with E-state index >= 15 is 0 Å². The molecular weight excluding hydrogens is 263 g/mol. The number of nitrogens with two attached hydrogens (primary N) is 1. The number of aryl methyl sites for hydroxylation is 2. The van der Waals surface area contributed by atoms with Gasteiger partial charge in [0.2, 0.25) is 0 Å². The van der Waals surface area contributed by atoms with Gasteiger partial charge >= 0.3 is 5.97 Å². The first kappa shape index (κ1) is 14.0. The van der Waals surface area contributed by atoms with Crippen LogP contribution in [0.3, 0.4) is 0 Å². The summed E-state index contributed by atoms with van der Waals surface area (Å²) < 4.78 is 19.6. The largest absolute Gasteiger partial charge is 0.456 e. The Morgan fingerprint density at radius 2 is 2.25 bits per heavy atom. The number of rotatable bonds is 4. The van der Waals surface area contributed by atoms with E-state index in [2.05, 4.69) is 10.1 Å². The Balaban J connectivity index is 2.13. The maximum absolute atomic E-state index is 13.0. The monoisotopic (exact) mass is 278 g/mol. The number of nitrogen functional groups attached to an aromatic ring is 1. The highest BCUT2D eigenvalue weighted by Gasteiger charge is 2.20. The first-order valence-electron chi connectivity index (χ1n) is 6.12. The van der Waals surface area contributed by atoms with Gasteiger partial charge in [0.25, 0.3) is 0 Å². The third kappa shape index (κ3) is 2.76. The molecule has 2 heterocycles. The lowest BCUT2D eigenvalue weighted by atomic mass is 10.3. The lowest BCUT2D eigenvalue weighted by molar-refractivity contribution is 0.0459. The van der Waals surface area contributed by atoms with Crippen LogP contribution in [0.2, 0.25) is 0 Å². The van der Waals surface area contributed by atoms with E-state index in [0.29, 0.717) is 23.5 Å². The molecule has 0 aliphatic rings. The van der Waals surface area contributed by atoms with Gasteiger partial charge in [-0.3, -0.25) is 9.67 Å². The number of carbonyl (C=O) groups is 1. The number of hydrogen-bond donors (Lipinski definition) is 1. The SMILES string of the molecule is CCn1nc(C)c(N)c1C(=O)OCc1cncc(F)c1. The van der Waals surface area contributed by atoms with Crippen molar-refractivity contribution < 1.29 is 13.9 Å². The molecule has 0 aliphatic carbocycles. The lowest BCUT2D eigenvalue weighted by Crippen LogP contribution is -2.14. The van der Waals surface area contributed by atoms with Crippen LogP contribution in [-0.2, 0) is 17.9 Å². The molecule has 0 spiro atoms. The van der Waals surface area contributed by atoms with Gasteiger partial charge in [-0.1, -0.05) is 0 Å². The summed E-state index contributed by atoms with van der Waals surface area (Å²) in [5, 5.41) is 4.14. The van der Waals surface area contributed by atoms with Crippen molar-refractivity contribution in [1.82, 2.24) is 14.8 Å². The molecule has 0 aromatic carbocycles. The Labute approximate surface area is 115 Å². The molecule has 0 amide bonds. The van der Waals surface area contributed by atoms with Gasteiger partial charge in [0.1, 0.15) is 12.4 Å². The summed E-state index contributed by atoms with van der Waals surface area (Å²) in [7, 11) is 0. The van der Waals surface area contributed by atoms with Crippen LogP contribution in [0, 0.1) is 12.7 Å². The minimum absolute atomic E-state index is 0.0724. The van der Waals surface area contributed by atoms with Gasteiger partial charge in [0, 0.05) is 18.3 Å². The number of ether oxygens (including phenoxy) is 1. The molecule has 0 unspecified atom stereocenters. The zero-order chi connectivity index (χ0) is 14.7. The van der Waals surface area contributed by atoms with Crippen molar-refractivity contribution >= 4 is 11.7 Å². The maximum Gasteiger partial charge on any atom is 0.359 e. The van der Waals surface area contributed by atoms with E-state index < -0.39 is 11.8 Å². The zero-order valence-corrected chi connectivity index (χ0v) is 11.3. The fourth-order valence-electron chi connectivity index (χ4n) is 1.79. The van der Waals surface area contributed by atoms with Crippen LogP contribution < -0.4 is 5.73 Å². The summed E-state index contributed by atoms with van der Waals surface area (Å²) in [6.07, 6.45) is 2.51. The molecule has 7 heteroatoms. The van der Waals surface area contributed by atoms with Crippen LogP contribution in [0.5, 0.6) is 0 Å². The third-order valence-corrected chi connectivity index (χ3v) is 2.80. The zero-order valence-electron chi connectivity index (χ0n) is 11.3. The van der Waals surface area contributed by atoms with E-state index in [-0.39, 0.29) is 12.3 Å². The van der Waals surface area contributed by atoms with Crippen molar-refractivity contribution in [3.8, 4) is 0 Å². The van der Waals surface area contributed by atoms with E-state index in [1.807, 2.05) is 6.92 Å². The van der Waals surface area contributed by atoms with E-state index in [1.54, 1.807) is 6.92 Å². The van der Waals surface area contributed by atoms with Crippen LogP contribution in [0.4, 0.5) is 10.1 Å². The minimum atomic E-state index is -0.589. The van der Waals surface area contributed by atoms with Crippen LogP contribution in [0.1, 0.15) is 28.7 Å². The van der Waals surface area contributed by atoms with E-state index in [1.165, 1.54) is 16.9 Å². The topological polar surface area (TPSA) is 83.0 Å². The second-order valence-electron chi connectivity index (χ2n) is 4.25. The normalized spacial score (nSPS) is 10.6. The Kier molecular flexibility index (Phi) is 3.97. The Morgan fingerprint density at radius 1 is 1.50 bits per heavy atom. The predicted octanol–water partition coefficient (Wildman–Crippen LogP) is 1.68. The van der Waals surface area contributed by atoms with Crippen molar-refractivity contribution in [2.24, 2.45) is 0 Å². The fourth-order valence-corrected chi connectivity index (χ4v) is 1.79. The summed E-state index contributed by atoms with van der Waals surface area (Å²) in [6.45, 7) is 3.99. The number of halogens is 1. The maximum atomic E-state index is 13.0. The lowest BCUT2D eigenvalue weighted by Gasteiger charge is -2.07. The van der Waals surface area contributed by atoms with Crippen molar-refractivity contribution in [2.75, 3.05) is 5.73 Å². The van der Waals surface area contributed by atoms with Crippen molar-refractivity contribution in [3.63, 3.8) is 0 Å². The molecule has 6 nitrogen and oxygen atoms in total. The second kappa shape index (κ2) is 5.68. The molecule has 106 valence electrons. The highest BCUT2D eigenvalue weighted by molar-refractivity contribution is 5.93. The van der Waals surface area contributed by atoms with Crippen molar-refractivity contribution in [2.45, 2.75) is 27.0 Å². The third-order valence-electron chi connectivity index (χ3n) is 2.80. The molecule has 0 saturated heterocycles. The molecule has 20 heavy (non-hydrogen) atoms. The summed E-state index contributed by atoms with van der Waals surface area (Å²) >= 11 is 0. The smallest absolute Gasteiger partial charge is 0.359 e. The fraction of sp³-hybridized carbons (Fsp3) is 0.308. The van der Waals surface area contributed by atoms with Gasteiger partial charge in [0.05, 0.1) is 17.6 Å². The Bertz CT molecular complexity index is 639. The Hall–Kier alpha value is -2.44. The van der Waals surface area contributed by atoms with Gasteiger partial charge in [-0.25, -0.2) is 9.18 Å². The molecule has 0 saturated carbocycles. The number of carbonyl (C=O) groups excluding carboxylic acids is 1. The second-order valence-corrected chi connectivity index (χ2v) is 4.25. The number of anilines is 1. The Morgan fingerprint density at radius 3 is 2.90 bits per heavy atom. The van der Waals surface area contributed by atoms with Gasteiger partial charge in [-0.15, -0.1) is 0 Å². The number of esters is 1. The summed E-state index contributed by atoms with van der Waals surface area (Å²) in [5.41, 5.74) is 7.38. The molecular formula is C13H15FN4O2. The molecule has 2 aromatic rings. The van der Waals surface area contributed by atoms with Gasteiger partial charge in [-0.2, -0.15) is 5.10 Å². The quantitative estimate of drug-likeness (QED) is 0.860. The van der Waals surface area contributed by atoms with Crippen LogP contribution in [0.25, 0.3) is 0 Å². The molecule has 0 aliphatic heterocycles.